The average molecular weight is 266 g/mol. The van der Waals surface area contributed by atoms with Crippen molar-refractivity contribution >= 4 is 5.69 Å². The highest BCUT2D eigenvalue weighted by Gasteiger charge is 2.31. The molecule has 0 spiro atoms. The van der Waals surface area contributed by atoms with Gasteiger partial charge in [-0.3, -0.25) is 0 Å². The summed E-state index contributed by atoms with van der Waals surface area (Å²) in [6.07, 6.45) is 1.57. The maximum absolute atomic E-state index is 12.6. The molecule has 0 heterocycles. The number of alkyl halides is 3. The van der Waals surface area contributed by atoms with Crippen molar-refractivity contribution in [1.82, 2.24) is 0 Å². The van der Waals surface area contributed by atoms with Gasteiger partial charge in [0.1, 0.15) is 6.07 Å². The van der Waals surface area contributed by atoms with Crippen LogP contribution in [0.3, 0.4) is 0 Å². The van der Waals surface area contributed by atoms with Crippen molar-refractivity contribution in [3.05, 3.63) is 29.3 Å². The Morgan fingerprint density at radius 2 is 2.05 bits per heavy atom. The lowest BCUT2D eigenvalue weighted by molar-refractivity contribution is -0.137. The molecule has 0 radical (unpaired) electrons. The van der Waals surface area contributed by atoms with Gasteiger partial charge in [0.2, 0.25) is 0 Å². The van der Waals surface area contributed by atoms with E-state index < -0.39 is 11.7 Å². The van der Waals surface area contributed by atoms with Crippen LogP contribution in [0.1, 0.15) is 24.5 Å². The minimum absolute atomic E-state index is 0.0153. The Morgan fingerprint density at radius 1 is 1.37 bits per heavy atom. The zero-order valence-corrected chi connectivity index (χ0v) is 10.5. The Hall–Kier alpha value is -2.14. The predicted octanol–water partition coefficient (Wildman–Crippen LogP) is 3.43. The lowest BCUT2D eigenvalue weighted by atomic mass is 10.1. The Morgan fingerprint density at radius 3 is 2.53 bits per heavy atom. The maximum atomic E-state index is 12.6. The highest BCUT2D eigenvalue weighted by Crippen LogP contribution is 2.32. The number of benzene rings is 1. The number of nitrogens with zero attached hydrogens (tertiary/aromatic N) is 2. The van der Waals surface area contributed by atoms with E-state index in [-0.39, 0.29) is 12.1 Å². The third kappa shape index (κ3) is 3.66. The van der Waals surface area contributed by atoms with Gasteiger partial charge < -0.3 is 4.90 Å². The summed E-state index contributed by atoms with van der Waals surface area (Å²) in [7, 11) is 0. The second-order valence-electron chi connectivity index (χ2n) is 3.97. The standard InChI is InChI=1S/C14H13F3N2/c1-3-7-19(8-4-2)13-6-5-12(14(15,16)17)9-11(13)10-18/h1,5-6,9H,4,7-8H2,2H3. The number of terminal acetylenes is 1. The van der Waals surface area contributed by atoms with E-state index in [1.807, 2.05) is 6.92 Å². The molecule has 0 saturated carbocycles. The van der Waals surface area contributed by atoms with Crippen molar-refractivity contribution in [2.75, 3.05) is 18.0 Å². The summed E-state index contributed by atoms with van der Waals surface area (Å²) in [4.78, 5) is 1.72. The molecule has 0 aromatic heterocycles. The first-order chi connectivity index (χ1) is 8.93. The molecule has 0 aliphatic carbocycles. The smallest absolute Gasteiger partial charge is 0.359 e. The number of hydrogen-bond donors (Lipinski definition) is 0. The molecule has 0 fully saturated rings. The molecule has 1 rings (SSSR count). The number of rotatable bonds is 4. The Labute approximate surface area is 110 Å². The van der Waals surface area contributed by atoms with E-state index in [9.17, 15) is 13.2 Å². The first-order valence-electron chi connectivity index (χ1n) is 5.73. The topological polar surface area (TPSA) is 27.0 Å². The summed E-state index contributed by atoms with van der Waals surface area (Å²) in [6, 6.07) is 4.92. The first kappa shape index (κ1) is 14.9. The molecule has 5 heteroatoms. The van der Waals surface area contributed by atoms with E-state index in [0.717, 1.165) is 18.6 Å². The van der Waals surface area contributed by atoms with Crippen LogP contribution in [0.25, 0.3) is 0 Å². The number of anilines is 1. The fourth-order valence-corrected chi connectivity index (χ4v) is 1.74. The fourth-order valence-electron chi connectivity index (χ4n) is 1.74. The van der Waals surface area contributed by atoms with Crippen LogP contribution >= 0.6 is 0 Å². The minimum atomic E-state index is -4.45. The van der Waals surface area contributed by atoms with Crippen LogP contribution in [0.4, 0.5) is 18.9 Å². The van der Waals surface area contributed by atoms with E-state index in [1.165, 1.54) is 6.07 Å². The minimum Gasteiger partial charge on any atom is -0.359 e. The monoisotopic (exact) mass is 266 g/mol. The van der Waals surface area contributed by atoms with Gasteiger partial charge in [-0.2, -0.15) is 18.4 Å². The molecule has 2 nitrogen and oxygen atoms in total. The summed E-state index contributed by atoms with van der Waals surface area (Å²) in [5.41, 5.74) is -0.404. The van der Waals surface area contributed by atoms with Crippen LogP contribution in [0.15, 0.2) is 18.2 Å². The van der Waals surface area contributed by atoms with Crippen LogP contribution in [-0.2, 0) is 6.18 Å². The van der Waals surface area contributed by atoms with Gasteiger partial charge in [0.25, 0.3) is 0 Å². The molecule has 0 saturated heterocycles. The lowest BCUT2D eigenvalue weighted by Gasteiger charge is -2.23. The van der Waals surface area contributed by atoms with Gasteiger partial charge in [-0.05, 0) is 24.6 Å². The van der Waals surface area contributed by atoms with Gasteiger partial charge in [0.05, 0.1) is 23.4 Å². The maximum Gasteiger partial charge on any atom is 0.416 e. The van der Waals surface area contributed by atoms with Crippen molar-refractivity contribution in [2.24, 2.45) is 0 Å². The fraction of sp³-hybridized carbons (Fsp3) is 0.357. The highest BCUT2D eigenvalue weighted by molar-refractivity contribution is 5.61. The third-order valence-corrected chi connectivity index (χ3v) is 2.56. The lowest BCUT2D eigenvalue weighted by Crippen LogP contribution is -2.25. The molecular weight excluding hydrogens is 253 g/mol. The molecule has 0 atom stereocenters. The molecule has 0 aliphatic heterocycles. The van der Waals surface area contributed by atoms with Gasteiger partial charge in [-0.15, -0.1) is 6.42 Å². The molecule has 1 aromatic rings. The van der Waals surface area contributed by atoms with Gasteiger partial charge in [-0.1, -0.05) is 12.8 Å². The van der Waals surface area contributed by atoms with Gasteiger partial charge in [0.15, 0.2) is 0 Å². The normalized spacial score (nSPS) is 10.6. The molecule has 0 amide bonds. The second-order valence-corrected chi connectivity index (χ2v) is 3.97. The predicted molar refractivity (Wildman–Crippen MR) is 67.5 cm³/mol. The molecule has 0 aliphatic rings. The molecule has 19 heavy (non-hydrogen) atoms. The van der Waals surface area contributed by atoms with Crippen molar-refractivity contribution in [1.29, 1.82) is 5.26 Å². The Balaban J connectivity index is 3.22. The van der Waals surface area contributed by atoms with E-state index >= 15 is 0 Å². The van der Waals surface area contributed by atoms with Crippen LogP contribution in [0.5, 0.6) is 0 Å². The van der Waals surface area contributed by atoms with Gasteiger partial charge in [-0.25, -0.2) is 0 Å². The molecule has 100 valence electrons. The average Bonchev–Trinajstić information content (AvgIpc) is 2.36. The quantitative estimate of drug-likeness (QED) is 0.781. The summed E-state index contributed by atoms with van der Waals surface area (Å²) in [6.45, 7) is 2.78. The van der Waals surface area contributed by atoms with Crippen LogP contribution in [0, 0.1) is 23.7 Å². The summed E-state index contributed by atoms with van der Waals surface area (Å²) < 4.78 is 37.7. The zero-order valence-electron chi connectivity index (χ0n) is 10.5. The van der Waals surface area contributed by atoms with Crippen LogP contribution in [-0.4, -0.2) is 13.1 Å². The van der Waals surface area contributed by atoms with E-state index in [2.05, 4.69) is 5.92 Å². The SMILES string of the molecule is C#CCN(CCC)c1ccc(C(F)(F)F)cc1C#N. The molecular formula is C14H13F3N2. The third-order valence-electron chi connectivity index (χ3n) is 2.56. The number of hydrogen-bond acceptors (Lipinski definition) is 2. The first-order valence-corrected chi connectivity index (χ1v) is 5.73. The van der Waals surface area contributed by atoms with E-state index in [1.54, 1.807) is 11.0 Å². The summed E-state index contributed by atoms with van der Waals surface area (Å²) in [5, 5.41) is 9.00. The summed E-state index contributed by atoms with van der Waals surface area (Å²) >= 11 is 0. The number of halogens is 3. The van der Waals surface area contributed by atoms with Crippen LogP contribution < -0.4 is 4.90 Å². The van der Waals surface area contributed by atoms with Crippen LogP contribution in [0.2, 0.25) is 0 Å². The second kappa shape index (κ2) is 6.15. The Kier molecular flexibility index (Phi) is 4.83. The molecule has 0 N–H and O–H groups in total. The van der Waals surface area contributed by atoms with E-state index in [4.69, 9.17) is 11.7 Å². The number of nitriles is 1. The largest absolute Gasteiger partial charge is 0.416 e. The van der Waals surface area contributed by atoms with Crippen molar-refractivity contribution in [2.45, 2.75) is 19.5 Å². The molecule has 0 bridgehead atoms. The van der Waals surface area contributed by atoms with E-state index in [0.29, 0.717) is 12.2 Å². The van der Waals surface area contributed by atoms with Crippen molar-refractivity contribution in [3.8, 4) is 18.4 Å². The molecule has 0 unspecified atom stereocenters. The summed E-state index contributed by atoms with van der Waals surface area (Å²) in [5.74, 6) is 2.44. The highest BCUT2D eigenvalue weighted by atomic mass is 19.4. The Bertz CT molecular complexity index is 521. The van der Waals surface area contributed by atoms with Crippen molar-refractivity contribution < 1.29 is 13.2 Å². The zero-order chi connectivity index (χ0) is 14.5. The van der Waals surface area contributed by atoms with Gasteiger partial charge >= 0.3 is 6.18 Å². The van der Waals surface area contributed by atoms with Gasteiger partial charge in [0, 0.05) is 6.54 Å². The van der Waals surface area contributed by atoms with Crippen molar-refractivity contribution in [3.63, 3.8) is 0 Å². The molecule has 1 aromatic carbocycles.